The van der Waals surface area contributed by atoms with Gasteiger partial charge in [-0.15, -0.1) is 0 Å². The Kier molecular flexibility index (Phi) is 5.14. The van der Waals surface area contributed by atoms with Gasteiger partial charge in [-0.2, -0.15) is 0 Å². The average Bonchev–Trinajstić information content (AvgIpc) is 2.48. The summed E-state index contributed by atoms with van der Waals surface area (Å²) in [4.78, 5) is 24.0. The summed E-state index contributed by atoms with van der Waals surface area (Å²) in [6, 6.07) is 13.9. The number of carbonyl (C=O) groups is 2. The molecule has 0 heterocycles. The molecule has 5 heteroatoms. The van der Waals surface area contributed by atoms with E-state index in [9.17, 15) is 9.59 Å². The number of para-hydroxylation sites is 1. The van der Waals surface area contributed by atoms with Crippen molar-refractivity contribution in [2.24, 2.45) is 0 Å². The zero-order chi connectivity index (χ0) is 15.9. The maximum absolute atomic E-state index is 12.1. The van der Waals surface area contributed by atoms with Crippen molar-refractivity contribution in [1.29, 1.82) is 0 Å². The van der Waals surface area contributed by atoms with Gasteiger partial charge in [0.25, 0.3) is 0 Å². The Bertz CT molecular complexity index is 683. The average molecular weight is 298 g/mol. The second kappa shape index (κ2) is 7.26. The van der Waals surface area contributed by atoms with Gasteiger partial charge in [0.05, 0.1) is 24.3 Å². The van der Waals surface area contributed by atoms with Gasteiger partial charge in [0.15, 0.2) is 0 Å². The van der Waals surface area contributed by atoms with Crippen molar-refractivity contribution in [3.63, 3.8) is 0 Å². The summed E-state index contributed by atoms with van der Waals surface area (Å²) in [5.74, 6) is -0.676. The van der Waals surface area contributed by atoms with Crippen LogP contribution in [0.1, 0.15) is 22.8 Å². The standard InChI is InChI=1S/C17H18N2O3/c1-2-22-17(21)14-8-3-4-9-15(14)19-16(20)11-12-6-5-7-13(18)10-12/h3-10H,2,11,18H2,1H3,(H,19,20). The number of rotatable bonds is 5. The topological polar surface area (TPSA) is 81.4 Å². The Balaban J connectivity index is 2.10. The minimum Gasteiger partial charge on any atom is -0.462 e. The fourth-order valence-corrected chi connectivity index (χ4v) is 2.06. The molecule has 0 unspecified atom stereocenters. The van der Waals surface area contributed by atoms with Crippen LogP contribution in [0.3, 0.4) is 0 Å². The lowest BCUT2D eigenvalue weighted by atomic mass is 10.1. The van der Waals surface area contributed by atoms with Crippen LogP contribution in [0.5, 0.6) is 0 Å². The van der Waals surface area contributed by atoms with E-state index in [0.29, 0.717) is 16.9 Å². The van der Waals surface area contributed by atoms with Crippen LogP contribution in [0.25, 0.3) is 0 Å². The van der Waals surface area contributed by atoms with Gasteiger partial charge in [-0.1, -0.05) is 24.3 Å². The number of nitrogens with one attached hydrogen (secondary N) is 1. The monoisotopic (exact) mass is 298 g/mol. The van der Waals surface area contributed by atoms with E-state index in [0.717, 1.165) is 5.56 Å². The number of benzene rings is 2. The van der Waals surface area contributed by atoms with Crippen molar-refractivity contribution in [3.05, 3.63) is 59.7 Å². The second-order valence-corrected chi connectivity index (χ2v) is 4.74. The molecule has 0 bridgehead atoms. The Morgan fingerprint density at radius 3 is 2.64 bits per heavy atom. The van der Waals surface area contributed by atoms with E-state index in [-0.39, 0.29) is 18.9 Å². The predicted octanol–water partition coefficient (Wildman–Crippen LogP) is 2.63. The predicted molar refractivity (Wildman–Crippen MR) is 85.6 cm³/mol. The number of nitrogen functional groups attached to an aromatic ring is 1. The molecule has 5 nitrogen and oxygen atoms in total. The Labute approximate surface area is 129 Å². The molecule has 0 aliphatic carbocycles. The largest absolute Gasteiger partial charge is 0.462 e. The Morgan fingerprint density at radius 1 is 1.14 bits per heavy atom. The number of hydrogen-bond acceptors (Lipinski definition) is 4. The molecule has 0 atom stereocenters. The van der Waals surface area contributed by atoms with E-state index in [1.807, 2.05) is 6.07 Å². The molecule has 0 aromatic heterocycles. The Hall–Kier alpha value is -2.82. The van der Waals surface area contributed by atoms with Crippen molar-refractivity contribution in [3.8, 4) is 0 Å². The summed E-state index contributed by atoms with van der Waals surface area (Å²) in [6.07, 6.45) is 0.183. The number of carbonyl (C=O) groups excluding carboxylic acids is 2. The molecule has 2 aromatic rings. The zero-order valence-corrected chi connectivity index (χ0v) is 12.3. The highest BCUT2D eigenvalue weighted by Gasteiger charge is 2.14. The van der Waals surface area contributed by atoms with Crippen molar-refractivity contribution in [2.75, 3.05) is 17.7 Å². The molecule has 0 spiro atoms. The van der Waals surface area contributed by atoms with Crippen LogP contribution >= 0.6 is 0 Å². The van der Waals surface area contributed by atoms with Crippen molar-refractivity contribution in [1.82, 2.24) is 0 Å². The van der Waals surface area contributed by atoms with Crippen LogP contribution in [0.2, 0.25) is 0 Å². The summed E-state index contributed by atoms with van der Waals surface area (Å²) >= 11 is 0. The van der Waals surface area contributed by atoms with Gasteiger partial charge < -0.3 is 15.8 Å². The normalized spacial score (nSPS) is 10.0. The van der Waals surface area contributed by atoms with Crippen molar-refractivity contribution < 1.29 is 14.3 Å². The van der Waals surface area contributed by atoms with Gasteiger partial charge in [-0.05, 0) is 36.8 Å². The molecule has 0 saturated carbocycles. The van der Waals surface area contributed by atoms with E-state index in [1.165, 1.54) is 0 Å². The SMILES string of the molecule is CCOC(=O)c1ccccc1NC(=O)Cc1cccc(N)c1. The van der Waals surface area contributed by atoms with Crippen LogP contribution in [0.4, 0.5) is 11.4 Å². The highest BCUT2D eigenvalue weighted by atomic mass is 16.5. The quantitative estimate of drug-likeness (QED) is 0.656. The smallest absolute Gasteiger partial charge is 0.340 e. The first-order valence-electron chi connectivity index (χ1n) is 7.00. The number of esters is 1. The molecule has 0 saturated heterocycles. The molecule has 0 aliphatic heterocycles. The third kappa shape index (κ3) is 4.09. The van der Waals surface area contributed by atoms with E-state index in [1.54, 1.807) is 49.4 Å². The summed E-state index contributed by atoms with van der Waals surface area (Å²) in [5.41, 5.74) is 7.89. The van der Waals surface area contributed by atoms with Gasteiger partial charge in [0, 0.05) is 5.69 Å². The van der Waals surface area contributed by atoms with Gasteiger partial charge in [0.1, 0.15) is 0 Å². The summed E-state index contributed by atoms with van der Waals surface area (Å²) in [6.45, 7) is 2.02. The van der Waals surface area contributed by atoms with E-state index < -0.39 is 5.97 Å². The lowest BCUT2D eigenvalue weighted by Crippen LogP contribution is -2.17. The van der Waals surface area contributed by atoms with Gasteiger partial charge in [0.2, 0.25) is 5.91 Å². The molecule has 2 rings (SSSR count). The van der Waals surface area contributed by atoms with E-state index in [4.69, 9.17) is 10.5 Å². The molecule has 1 amide bonds. The minimum absolute atomic E-state index is 0.183. The minimum atomic E-state index is -0.456. The van der Waals surface area contributed by atoms with Crippen LogP contribution in [0.15, 0.2) is 48.5 Å². The number of nitrogens with two attached hydrogens (primary N) is 1. The first-order valence-corrected chi connectivity index (χ1v) is 7.00. The van der Waals surface area contributed by atoms with Crippen LogP contribution in [0, 0.1) is 0 Å². The summed E-state index contributed by atoms with van der Waals surface area (Å²) in [5, 5.41) is 2.74. The number of anilines is 2. The van der Waals surface area contributed by atoms with Crippen LogP contribution < -0.4 is 11.1 Å². The molecule has 3 N–H and O–H groups in total. The summed E-state index contributed by atoms with van der Waals surface area (Å²) in [7, 11) is 0. The third-order valence-electron chi connectivity index (χ3n) is 3.01. The first kappa shape index (κ1) is 15.6. The highest BCUT2D eigenvalue weighted by molar-refractivity contribution is 6.01. The maximum Gasteiger partial charge on any atom is 0.340 e. The van der Waals surface area contributed by atoms with E-state index in [2.05, 4.69) is 5.32 Å². The van der Waals surface area contributed by atoms with Crippen molar-refractivity contribution in [2.45, 2.75) is 13.3 Å². The number of amides is 1. The van der Waals surface area contributed by atoms with Crippen LogP contribution in [-0.4, -0.2) is 18.5 Å². The summed E-state index contributed by atoms with van der Waals surface area (Å²) < 4.78 is 4.98. The lowest BCUT2D eigenvalue weighted by molar-refractivity contribution is -0.115. The molecule has 0 aliphatic rings. The third-order valence-corrected chi connectivity index (χ3v) is 3.01. The van der Waals surface area contributed by atoms with Gasteiger partial charge in [-0.25, -0.2) is 4.79 Å². The fourth-order valence-electron chi connectivity index (χ4n) is 2.06. The van der Waals surface area contributed by atoms with Crippen LogP contribution in [-0.2, 0) is 16.0 Å². The highest BCUT2D eigenvalue weighted by Crippen LogP contribution is 2.17. The molecule has 22 heavy (non-hydrogen) atoms. The zero-order valence-electron chi connectivity index (χ0n) is 12.3. The Morgan fingerprint density at radius 2 is 1.91 bits per heavy atom. The molecule has 2 aromatic carbocycles. The molecular weight excluding hydrogens is 280 g/mol. The maximum atomic E-state index is 12.1. The molecule has 0 fully saturated rings. The molecule has 0 radical (unpaired) electrons. The number of ether oxygens (including phenoxy) is 1. The van der Waals surface area contributed by atoms with Gasteiger partial charge in [-0.3, -0.25) is 4.79 Å². The molecular formula is C17H18N2O3. The lowest BCUT2D eigenvalue weighted by Gasteiger charge is -2.10. The molecule has 114 valence electrons. The number of hydrogen-bond donors (Lipinski definition) is 2. The first-order chi connectivity index (χ1) is 10.6. The van der Waals surface area contributed by atoms with Crippen molar-refractivity contribution >= 4 is 23.3 Å². The second-order valence-electron chi connectivity index (χ2n) is 4.74. The fraction of sp³-hybridized carbons (Fsp3) is 0.176. The van der Waals surface area contributed by atoms with Gasteiger partial charge >= 0.3 is 5.97 Å². The van der Waals surface area contributed by atoms with E-state index >= 15 is 0 Å².